The van der Waals surface area contributed by atoms with Crippen LogP contribution in [0, 0.1) is 0 Å². The van der Waals surface area contributed by atoms with Crippen molar-refractivity contribution >= 4 is 28.1 Å². The van der Waals surface area contributed by atoms with E-state index in [2.05, 4.69) is 26.5 Å². The Hall–Kier alpha value is -3.12. The number of carbonyl (C=O) groups excluding carboxylic acids is 1. The number of phenols is 1. The van der Waals surface area contributed by atoms with E-state index in [0.717, 1.165) is 15.6 Å². The van der Waals surface area contributed by atoms with Crippen molar-refractivity contribution in [2.24, 2.45) is 5.10 Å². The van der Waals surface area contributed by atoms with Gasteiger partial charge in [0.2, 0.25) is 0 Å². The second kappa shape index (κ2) is 9.00. The second-order valence-corrected chi connectivity index (χ2v) is 6.53. The first-order chi connectivity index (χ1) is 13.1. The summed E-state index contributed by atoms with van der Waals surface area (Å²) >= 11 is 3.34. The summed E-state index contributed by atoms with van der Waals surface area (Å²) in [7, 11) is 0. The van der Waals surface area contributed by atoms with Crippen molar-refractivity contribution in [3.8, 4) is 22.6 Å². The number of amides is 1. The van der Waals surface area contributed by atoms with Crippen LogP contribution in [-0.2, 0) is 4.79 Å². The third kappa shape index (κ3) is 5.43. The lowest BCUT2D eigenvalue weighted by molar-refractivity contribution is -0.123. The van der Waals surface area contributed by atoms with Gasteiger partial charge >= 0.3 is 0 Å². The number of nitrogens with one attached hydrogen (secondary N) is 1. The highest BCUT2D eigenvalue weighted by Gasteiger charge is 2.03. The lowest BCUT2D eigenvalue weighted by atomic mass is 10.1. The molecule has 0 radical (unpaired) electrons. The first kappa shape index (κ1) is 18.7. The maximum atomic E-state index is 11.8. The highest BCUT2D eigenvalue weighted by molar-refractivity contribution is 9.10. The van der Waals surface area contributed by atoms with E-state index in [9.17, 15) is 9.90 Å². The molecule has 0 saturated carbocycles. The summed E-state index contributed by atoms with van der Waals surface area (Å²) in [5, 5.41) is 13.3. The lowest BCUT2D eigenvalue weighted by Crippen LogP contribution is -2.24. The summed E-state index contributed by atoms with van der Waals surface area (Å²) < 4.78 is 6.23. The summed E-state index contributed by atoms with van der Waals surface area (Å²) in [6, 6.07) is 22.3. The zero-order valence-corrected chi connectivity index (χ0v) is 15.9. The lowest BCUT2D eigenvalue weighted by Gasteiger charge is -2.07. The van der Waals surface area contributed by atoms with Gasteiger partial charge in [-0.15, -0.1) is 0 Å². The zero-order valence-electron chi connectivity index (χ0n) is 14.3. The van der Waals surface area contributed by atoms with Crippen LogP contribution < -0.4 is 10.2 Å². The van der Waals surface area contributed by atoms with E-state index in [1.165, 1.54) is 12.3 Å². The molecule has 5 nitrogen and oxygen atoms in total. The van der Waals surface area contributed by atoms with Gasteiger partial charge in [-0.2, -0.15) is 5.10 Å². The highest BCUT2D eigenvalue weighted by Crippen LogP contribution is 2.22. The van der Waals surface area contributed by atoms with Gasteiger partial charge in [-0.25, -0.2) is 5.43 Å². The Balaban J connectivity index is 1.50. The summed E-state index contributed by atoms with van der Waals surface area (Å²) in [4.78, 5) is 11.8. The SMILES string of the molecule is O=C(COc1ccc(-c2ccccc2)cc1)N/N=C/c1cc(O)ccc1Br. The van der Waals surface area contributed by atoms with Crippen molar-refractivity contribution in [1.29, 1.82) is 0 Å². The number of hydrogen-bond donors (Lipinski definition) is 2. The van der Waals surface area contributed by atoms with E-state index >= 15 is 0 Å². The molecule has 0 aliphatic heterocycles. The van der Waals surface area contributed by atoms with Gasteiger partial charge in [0.1, 0.15) is 11.5 Å². The fraction of sp³-hybridized carbons (Fsp3) is 0.0476. The Labute approximate surface area is 165 Å². The number of benzene rings is 3. The van der Waals surface area contributed by atoms with Crippen molar-refractivity contribution in [2.75, 3.05) is 6.61 Å². The number of rotatable bonds is 6. The molecule has 0 aliphatic rings. The van der Waals surface area contributed by atoms with Crippen LogP contribution >= 0.6 is 15.9 Å². The molecule has 0 aliphatic carbocycles. The maximum Gasteiger partial charge on any atom is 0.277 e. The molecule has 0 aromatic heterocycles. The van der Waals surface area contributed by atoms with Crippen molar-refractivity contribution in [3.05, 3.63) is 82.8 Å². The average molecular weight is 425 g/mol. The van der Waals surface area contributed by atoms with Crippen LogP contribution in [0.4, 0.5) is 0 Å². The van der Waals surface area contributed by atoms with E-state index in [0.29, 0.717) is 11.3 Å². The topological polar surface area (TPSA) is 70.9 Å². The molecular weight excluding hydrogens is 408 g/mol. The largest absolute Gasteiger partial charge is 0.508 e. The number of hydrogen-bond acceptors (Lipinski definition) is 4. The first-order valence-corrected chi connectivity index (χ1v) is 9.00. The van der Waals surface area contributed by atoms with E-state index < -0.39 is 0 Å². The molecule has 0 saturated heterocycles. The van der Waals surface area contributed by atoms with Gasteiger partial charge in [0.15, 0.2) is 6.61 Å². The van der Waals surface area contributed by atoms with Crippen LogP contribution in [0.1, 0.15) is 5.56 Å². The van der Waals surface area contributed by atoms with Crippen molar-refractivity contribution in [3.63, 3.8) is 0 Å². The zero-order chi connectivity index (χ0) is 19.1. The molecule has 136 valence electrons. The number of halogens is 1. The molecule has 3 rings (SSSR count). The quantitative estimate of drug-likeness (QED) is 0.456. The van der Waals surface area contributed by atoms with Crippen LogP contribution in [0.15, 0.2) is 82.4 Å². The van der Waals surface area contributed by atoms with E-state index in [1.807, 2.05) is 54.6 Å². The minimum absolute atomic E-state index is 0.119. The first-order valence-electron chi connectivity index (χ1n) is 8.20. The predicted molar refractivity (Wildman–Crippen MR) is 109 cm³/mol. The Morgan fingerprint density at radius 2 is 1.74 bits per heavy atom. The highest BCUT2D eigenvalue weighted by atomic mass is 79.9. The fourth-order valence-electron chi connectivity index (χ4n) is 2.36. The van der Waals surface area contributed by atoms with Crippen LogP contribution in [0.25, 0.3) is 11.1 Å². The Bertz CT molecular complexity index is 941. The van der Waals surface area contributed by atoms with Crippen LogP contribution in [-0.4, -0.2) is 23.8 Å². The molecule has 0 bridgehead atoms. The van der Waals surface area contributed by atoms with Gasteiger partial charge in [0.05, 0.1) is 6.21 Å². The molecule has 2 N–H and O–H groups in total. The van der Waals surface area contributed by atoms with Gasteiger partial charge in [0.25, 0.3) is 5.91 Å². The fourth-order valence-corrected chi connectivity index (χ4v) is 2.71. The molecule has 0 heterocycles. The maximum absolute atomic E-state index is 11.8. The standard InChI is InChI=1S/C21H17BrN2O3/c22-20-11-8-18(25)12-17(20)13-23-24-21(26)14-27-19-9-6-16(7-10-19)15-4-2-1-3-5-15/h1-13,25H,14H2,(H,24,26)/b23-13+. The number of carbonyl (C=O) groups is 1. The van der Waals surface area contributed by atoms with Gasteiger partial charge in [-0.3, -0.25) is 4.79 Å². The Morgan fingerprint density at radius 3 is 2.48 bits per heavy atom. The van der Waals surface area contributed by atoms with Crippen molar-refractivity contribution in [1.82, 2.24) is 5.43 Å². The molecule has 27 heavy (non-hydrogen) atoms. The minimum atomic E-state index is -0.380. The summed E-state index contributed by atoms with van der Waals surface area (Å²) in [6.45, 7) is -0.150. The van der Waals surface area contributed by atoms with Gasteiger partial charge in [0, 0.05) is 10.0 Å². The molecule has 0 unspecified atom stereocenters. The van der Waals surface area contributed by atoms with Gasteiger partial charge < -0.3 is 9.84 Å². The molecule has 3 aromatic carbocycles. The summed E-state index contributed by atoms with van der Waals surface area (Å²) in [6.07, 6.45) is 1.44. The third-order valence-electron chi connectivity index (χ3n) is 3.70. The predicted octanol–water partition coefficient (Wildman–Crippen LogP) is 4.35. The molecule has 3 aromatic rings. The third-order valence-corrected chi connectivity index (χ3v) is 4.43. The second-order valence-electron chi connectivity index (χ2n) is 5.68. The minimum Gasteiger partial charge on any atom is -0.508 e. The van der Waals surface area contributed by atoms with Crippen LogP contribution in [0.3, 0.4) is 0 Å². The van der Waals surface area contributed by atoms with Crippen molar-refractivity contribution in [2.45, 2.75) is 0 Å². The van der Waals surface area contributed by atoms with Crippen molar-refractivity contribution < 1.29 is 14.6 Å². The number of ether oxygens (including phenoxy) is 1. The molecule has 6 heteroatoms. The van der Waals surface area contributed by atoms with Crippen LogP contribution in [0.5, 0.6) is 11.5 Å². The Kier molecular flexibility index (Phi) is 6.22. The molecule has 0 fully saturated rings. The molecule has 0 spiro atoms. The average Bonchev–Trinajstić information content (AvgIpc) is 2.70. The monoisotopic (exact) mass is 424 g/mol. The van der Waals surface area contributed by atoms with E-state index in [4.69, 9.17) is 4.74 Å². The van der Waals surface area contributed by atoms with E-state index in [1.54, 1.807) is 12.1 Å². The van der Waals surface area contributed by atoms with Gasteiger partial charge in [-0.05, 0) is 41.5 Å². The molecular formula is C21H17BrN2O3. The summed E-state index contributed by atoms with van der Waals surface area (Å²) in [5.41, 5.74) is 5.23. The van der Waals surface area contributed by atoms with E-state index in [-0.39, 0.29) is 18.3 Å². The smallest absolute Gasteiger partial charge is 0.277 e. The number of nitrogens with zero attached hydrogens (tertiary/aromatic N) is 1. The molecule has 0 atom stereocenters. The Morgan fingerprint density at radius 1 is 1.04 bits per heavy atom. The normalized spacial score (nSPS) is 10.7. The number of hydrazone groups is 1. The number of aromatic hydroxyl groups is 1. The van der Waals surface area contributed by atoms with Gasteiger partial charge in [-0.1, -0.05) is 58.4 Å². The molecule has 1 amide bonds. The van der Waals surface area contributed by atoms with Crippen LogP contribution in [0.2, 0.25) is 0 Å². The summed E-state index contributed by atoms with van der Waals surface area (Å²) in [5.74, 6) is 0.340. The number of phenolic OH excluding ortho intramolecular Hbond substituents is 1.